The predicted molar refractivity (Wildman–Crippen MR) is 144 cm³/mol. The number of benzene rings is 2. The van der Waals surface area contributed by atoms with Gasteiger partial charge in [0.1, 0.15) is 6.54 Å². The van der Waals surface area contributed by atoms with Crippen LogP contribution >= 0.6 is 11.6 Å². The highest BCUT2D eigenvalue weighted by atomic mass is 35.5. The number of ether oxygens (including phenoxy) is 2. The largest absolute Gasteiger partial charge is 0.493 e. The minimum atomic E-state index is -4.26. The molecule has 3 aromatic rings. The van der Waals surface area contributed by atoms with Gasteiger partial charge in [-0.25, -0.2) is 8.42 Å². The second-order valence-corrected chi connectivity index (χ2v) is 10.7. The second kappa shape index (κ2) is 11.7. The van der Waals surface area contributed by atoms with Crippen molar-refractivity contribution >= 4 is 38.9 Å². The lowest BCUT2D eigenvalue weighted by atomic mass is 10.1. The van der Waals surface area contributed by atoms with Crippen molar-refractivity contribution in [2.75, 3.05) is 50.6 Å². The number of nitrogens with zero attached hydrogens (tertiary/aromatic N) is 4. The molecule has 0 fully saturated rings. The number of amides is 1. The standard InChI is InChI=1S/C25H32ClN5O5S/c1-7-30(17(2)18-14-27-28-15-18)25(32)16-31(22-12-19(29(3)4)8-10-21(22)26)37(33,34)20-9-11-23(35-5)24(13-20)36-6/h8-15,17H,7,16H2,1-6H3,(H,27,28). The maximum atomic E-state index is 14.1. The van der Waals surface area contributed by atoms with Gasteiger partial charge in [-0.15, -0.1) is 0 Å². The van der Waals surface area contributed by atoms with Gasteiger partial charge in [-0.1, -0.05) is 11.6 Å². The molecule has 1 N–H and O–H groups in total. The van der Waals surface area contributed by atoms with Crippen molar-refractivity contribution in [3.8, 4) is 11.5 Å². The predicted octanol–water partition coefficient (Wildman–Crippen LogP) is 3.95. The molecule has 0 aliphatic rings. The molecular weight excluding hydrogens is 518 g/mol. The Labute approximate surface area is 222 Å². The zero-order valence-electron chi connectivity index (χ0n) is 21.7. The fourth-order valence-corrected chi connectivity index (χ4v) is 5.63. The first-order valence-corrected chi connectivity index (χ1v) is 13.4. The lowest BCUT2D eigenvalue weighted by Crippen LogP contribution is -2.44. The third-order valence-corrected chi connectivity index (χ3v) is 8.14. The normalized spacial score (nSPS) is 12.1. The van der Waals surface area contributed by atoms with Gasteiger partial charge in [0.25, 0.3) is 10.0 Å². The molecule has 0 aliphatic carbocycles. The van der Waals surface area contributed by atoms with E-state index in [0.717, 1.165) is 15.6 Å². The quantitative estimate of drug-likeness (QED) is 0.386. The first-order chi connectivity index (χ1) is 17.5. The highest BCUT2D eigenvalue weighted by Gasteiger charge is 2.32. The summed E-state index contributed by atoms with van der Waals surface area (Å²) in [6, 6.07) is 8.97. The van der Waals surface area contributed by atoms with Crippen LogP contribution in [0, 0.1) is 0 Å². The maximum Gasteiger partial charge on any atom is 0.264 e. The molecule has 10 nitrogen and oxygen atoms in total. The summed E-state index contributed by atoms with van der Waals surface area (Å²) in [5, 5.41) is 6.90. The topological polar surface area (TPSA) is 108 Å². The first kappa shape index (κ1) is 28.1. The lowest BCUT2D eigenvalue weighted by Gasteiger charge is -2.32. The molecule has 0 bridgehead atoms. The van der Waals surface area contributed by atoms with Crippen LogP contribution < -0.4 is 18.7 Å². The average Bonchev–Trinajstić information content (AvgIpc) is 3.42. The fraction of sp³-hybridized carbons (Fsp3) is 0.360. The van der Waals surface area contributed by atoms with Crippen LogP contribution in [-0.2, 0) is 14.8 Å². The number of methoxy groups -OCH3 is 2. The van der Waals surface area contributed by atoms with Crippen molar-refractivity contribution in [3.05, 3.63) is 59.4 Å². The molecule has 3 rings (SSSR count). The monoisotopic (exact) mass is 549 g/mol. The molecule has 0 saturated heterocycles. The number of hydrogen-bond donors (Lipinski definition) is 1. The summed E-state index contributed by atoms with van der Waals surface area (Å²) in [6.07, 6.45) is 3.34. The Hall–Kier alpha value is -3.44. The molecule has 1 heterocycles. The Kier molecular flexibility index (Phi) is 8.93. The van der Waals surface area contributed by atoms with Crippen molar-refractivity contribution in [2.24, 2.45) is 0 Å². The molecule has 12 heteroatoms. The molecule has 0 radical (unpaired) electrons. The maximum absolute atomic E-state index is 14.1. The molecule has 200 valence electrons. The van der Waals surface area contributed by atoms with E-state index >= 15 is 0 Å². The van der Waals surface area contributed by atoms with Crippen LogP contribution in [-0.4, -0.2) is 70.8 Å². The summed E-state index contributed by atoms with van der Waals surface area (Å²) >= 11 is 6.53. The molecule has 1 atom stereocenters. The number of aromatic amines is 1. The van der Waals surface area contributed by atoms with Gasteiger partial charge in [0, 0.05) is 44.2 Å². The highest BCUT2D eigenvalue weighted by Crippen LogP contribution is 2.36. The van der Waals surface area contributed by atoms with Gasteiger partial charge in [-0.05, 0) is 44.2 Å². The Bertz CT molecular complexity index is 1330. The van der Waals surface area contributed by atoms with E-state index in [1.165, 1.54) is 32.4 Å². The molecule has 2 aromatic carbocycles. The van der Waals surface area contributed by atoms with Gasteiger partial charge in [0.2, 0.25) is 5.91 Å². The van der Waals surface area contributed by atoms with E-state index in [-0.39, 0.29) is 27.4 Å². The Morgan fingerprint density at radius 1 is 1.11 bits per heavy atom. The van der Waals surface area contributed by atoms with Gasteiger partial charge >= 0.3 is 0 Å². The van der Waals surface area contributed by atoms with Crippen molar-refractivity contribution in [1.29, 1.82) is 0 Å². The number of carbonyl (C=O) groups is 1. The van der Waals surface area contributed by atoms with Crippen LogP contribution in [0.1, 0.15) is 25.5 Å². The third-order valence-electron chi connectivity index (χ3n) is 6.07. The number of nitrogens with one attached hydrogen (secondary N) is 1. The summed E-state index contributed by atoms with van der Waals surface area (Å²) in [5.74, 6) is 0.223. The van der Waals surface area contributed by atoms with Gasteiger partial charge in [-0.2, -0.15) is 5.10 Å². The number of sulfonamides is 1. The Morgan fingerprint density at radius 2 is 1.81 bits per heavy atom. The summed E-state index contributed by atoms with van der Waals surface area (Å²) < 4.78 is 39.7. The SMILES string of the molecule is CCN(C(=O)CN(c1cc(N(C)C)ccc1Cl)S(=O)(=O)c1ccc(OC)c(OC)c1)C(C)c1cn[nH]c1. The minimum Gasteiger partial charge on any atom is -0.493 e. The Balaban J connectivity index is 2.12. The van der Waals surface area contributed by atoms with Crippen LogP contribution in [0.3, 0.4) is 0 Å². The van der Waals surface area contributed by atoms with Crippen molar-refractivity contribution in [1.82, 2.24) is 15.1 Å². The number of anilines is 2. The van der Waals surface area contributed by atoms with Gasteiger partial charge in [-0.3, -0.25) is 14.2 Å². The van der Waals surface area contributed by atoms with E-state index in [1.54, 1.807) is 35.5 Å². The first-order valence-electron chi connectivity index (χ1n) is 11.5. The summed E-state index contributed by atoms with van der Waals surface area (Å²) in [4.78, 5) is 17.0. The molecule has 0 aliphatic heterocycles. The third kappa shape index (κ3) is 5.94. The van der Waals surface area contributed by atoms with E-state index in [1.807, 2.05) is 32.8 Å². The second-order valence-electron chi connectivity index (χ2n) is 8.45. The number of rotatable bonds is 11. The van der Waals surface area contributed by atoms with Crippen LogP contribution in [0.15, 0.2) is 53.7 Å². The number of carbonyl (C=O) groups excluding carboxylic acids is 1. The molecule has 1 amide bonds. The number of aromatic nitrogens is 2. The van der Waals surface area contributed by atoms with Crippen LogP contribution in [0.5, 0.6) is 11.5 Å². The highest BCUT2D eigenvalue weighted by molar-refractivity contribution is 7.92. The number of H-pyrrole nitrogens is 1. The van der Waals surface area contributed by atoms with Gasteiger partial charge in [0.15, 0.2) is 11.5 Å². The molecule has 37 heavy (non-hydrogen) atoms. The zero-order valence-corrected chi connectivity index (χ0v) is 23.3. The van der Waals surface area contributed by atoms with Crippen LogP contribution in [0.25, 0.3) is 0 Å². The minimum absolute atomic E-state index is 0.0739. The average molecular weight is 550 g/mol. The molecule has 0 saturated carbocycles. The van der Waals surface area contributed by atoms with E-state index in [4.69, 9.17) is 21.1 Å². The fourth-order valence-electron chi connectivity index (χ4n) is 3.92. The molecular formula is C25H32ClN5O5S. The Morgan fingerprint density at radius 3 is 2.38 bits per heavy atom. The summed E-state index contributed by atoms with van der Waals surface area (Å²) in [5.41, 5.74) is 1.71. The number of likely N-dealkylation sites (N-methyl/N-ethyl adjacent to an activating group) is 1. The van der Waals surface area contributed by atoms with E-state index in [9.17, 15) is 13.2 Å². The van der Waals surface area contributed by atoms with Crippen LogP contribution in [0.2, 0.25) is 5.02 Å². The smallest absolute Gasteiger partial charge is 0.264 e. The molecule has 0 spiro atoms. The van der Waals surface area contributed by atoms with Crippen LogP contribution in [0.4, 0.5) is 11.4 Å². The van der Waals surface area contributed by atoms with Gasteiger partial charge < -0.3 is 19.3 Å². The zero-order chi connectivity index (χ0) is 27.3. The lowest BCUT2D eigenvalue weighted by molar-refractivity contribution is -0.131. The number of hydrogen-bond acceptors (Lipinski definition) is 7. The van der Waals surface area contributed by atoms with E-state index < -0.39 is 22.5 Å². The number of halogens is 1. The molecule has 1 unspecified atom stereocenters. The molecule has 1 aromatic heterocycles. The summed E-state index contributed by atoms with van der Waals surface area (Å²) in [7, 11) is 2.28. The van der Waals surface area contributed by atoms with E-state index in [2.05, 4.69) is 10.2 Å². The van der Waals surface area contributed by atoms with Crippen molar-refractivity contribution in [2.45, 2.75) is 24.8 Å². The van der Waals surface area contributed by atoms with Crippen molar-refractivity contribution in [3.63, 3.8) is 0 Å². The van der Waals surface area contributed by atoms with Gasteiger partial charge in [0.05, 0.1) is 42.1 Å². The van der Waals surface area contributed by atoms with E-state index in [0.29, 0.717) is 12.3 Å². The summed E-state index contributed by atoms with van der Waals surface area (Å²) in [6.45, 7) is 3.59. The van der Waals surface area contributed by atoms with Crippen molar-refractivity contribution < 1.29 is 22.7 Å².